The molecular formula is C14H22N2O4S. The standard InChI is InChI=1S/C14H22N2O4S/c1-9(2)15-11-7-6-10(13(17)18)8-12(11)21(19,20)16-14(3,4)5/h6-9,15-16H,1-5H3,(H,17,18). The van der Waals surface area contributed by atoms with Crippen LogP contribution in [0, 0.1) is 0 Å². The fourth-order valence-electron chi connectivity index (χ4n) is 1.77. The van der Waals surface area contributed by atoms with Crippen LogP contribution in [0.3, 0.4) is 0 Å². The van der Waals surface area contributed by atoms with E-state index < -0.39 is 21.5 Å². The van der Waals surface area contributed by atoms with Crippen LogP contribution >= 0.6 is 0 Å². The summed E-state index contributed by atoms with van der Waals surface area (Å²) in [5.74, 6) is -1.17. The third kappa shape index (κ3) is 5.02. The van der Waals surface area contributed by atoms with Crippen molar-refractivity contribution in [2.75, 3.05) is 5.32 Å². The van der Waals surface area contributed by atoms with Crippen molar-refractivity contribution in [2.45, 2.75) is 51.1 Å². The molecule has 118 valence electrons. The van der Waals surface area contributed by atoms with Crippen LogP contribution in [0.25, 0.3) is 0 Å². The van der Waals surface area contributed by atoms with Crippen LogP contribution in [-0.4, -0.2) is 31.1 Å². The second-order valence-corrected chi connectivity index (χ2v) is 7.82. The average Bonchev–Trinajstić information content (AvgIpc) is 2.24. The summed E-state index contributed by atoms with van der Waals surface area (Å²) in [7, 11) is -3.83. The monoisotopic (exact) mass is 314 g/mol. The highest BCUT2D eigenvalue weighted by molar-refractivity contribution is 7.89. The zero-order valence-electron chi connectivity index (χ0n) is 12.9. The normalized spacial score (nSPS) is 12.5. The third-order valence-corrected chi connectivity index (χ3v) is 4.20. The van der Waals surface area contributed by atoms with Gasteiger partial charge in [-0.05, 0) is 52.8 Å². The molecule has 7 heteroatoms. The molecular weight excluding hydrogens is 292 g/mol. The minimum absolute atomic E-state index is 0.0178. The zero-order chi connectivity index (χ0) is 16.4. The molecule has 0 fully saturated rings. The number of hydrogen-bond donors (Lipinski definition) is 3. The van der Waals surface area contributed by atoms with Crippen LogP contribution < -0.4 is 10.0 Å². The average molecular weight is 314 g/mol. The highest BCUT2D eigenvalue weighted by Crippen LogP contribution is 2.25. The molecule has 0 radical (unpaired) electrons. The fourth-order valence-corrected chi connectivity index (χ4v) is 3.38. The van der Waals surface area contributed by atoms with Gasteiger partial charge in [-0.1, -0.05) is 0 Å². The van der Waals surface area contributed by atoms with E-state index in [2.05, 4.69) is 10.0 Å². The maximum Gasteiger partial charge on any atom is 0.335 e. The molecule has 0 aromatic heterocycles. The predicted octanol–water partition coefficient (Wildman–Crippen LogP) is 2.28. The van der Waals surface area contributed by atoms with Gasteiger partial charge >= 0.3 is 5.97 Å². The van der Waals surface area contributed by atoms with E-state index >= 15 is 0 Å². The van der Waals surface area contributed by atoms with Crippen molar-refractivity contribution < 1.29 is 18.3 Å². The van der Waals surface area contributed by atoms with Crippen molar-refractivity contribution >= 4 is 21.7 Å². The van der Waals surface area contributed by atoms with Gasteiger partial charge in [-0.3, -0.25) is 0 Å². The largest absolute Gasteiger partial charge is 0.478 e. The van der Waals surface area contributed by atoms with E-state index in [4.69, 9.17) is 5.11 Å². The van der Waals surface area contributed by atoms with Crippen molar-refractivity contribution in [2.24, 2.45) is 0 Å². The van der Waals surface area contributed by atoms with Crippen LogP contribution in [0.4, 0.5) is 5.69 Å². The van der Waals surface area contributed by atoms with E-state index in [0.717, 1.165) is 0 Å². The number of benzene rings is 1. The lowest BCUT2D eigenvalue weighted by Gasteiger charge is -2.22. The third-order valence-electron chi connectivity index (χ3n) is 2.40. The second kappa shape index (κ2) is 6.03. The molecule has 0 amide bonds. The number of sulfonamides is 1. The Hall–Kier alpha value is -1.60. The second-order valence-electron chi connectivity index (χ2n) is 6.17. The molecule has 0 bridgehead atoms. The molecule has 0 spiro atoms. The maximum absolute atomic E-state index is 12.5. The minimum atomic E-state index is -3.83. The number of carboxylic acid groups (broad SMARTS) is 1. The van der Waals surface area contributed by atoms with Crippen LogP contribution in [0.2, 0.25) is 0 Å². The molecule has 21 heavy (non-hydrogen) atoms. The Kier molecular flexibility index (Phi) is 5.01. The lowest BCUT2D eigenvalue weighted by molar-refractivity contribution is 0.0696. The van der Waals surface area contributed by atoms with Gasteiger partial charge in [-0.15, -0.1) is 0 Å². The molecule has 1 aromatic carbocycles. The number of anilines is 1. The van der Waals surface area contributed by atoms with Crippen molar-refractivity contribution in [3.8, 4) is 0 Å². The molecule has 1 rings (SSSR count). The molecule has 0 saturated heterocycles. The lowest BCUT2D eigenvalue weighted by Crippen LogP contribution is -2.40. The van der Waals surface area contributed by atoms with E-state index in [1.807, 2.05) is 13.8 Å². The molecule has 0 unspecified atom stereocenters. The van der Waals surface area contributed by atoms with Gasteiger partial charge < -0.3 is 10.4 Å². The van der Waals surface area contributed by atoms with Gasteiger partial charge in [0.15, 0.2) is 0 Å². The highest BCUT2D eigenvalue weighted by atomic mass is 32.2. The van der Waals surface area contributed by atoms with Gasteiger partial charge in [0.05, 0.1) is 11.3 Å². The van der Waals surface area contributed by atoms with Crippen molar-refractivity contribution in [3.63, 3.8) is 0 Å². The SMILES string of the molecule is CC(C)Nc1ccc(C(=O)O)cc1S(=O)(=O)NC(C)(C)C. The van der Waals surface area contributed by atoms with Crippen LogP contribution in [-0.2, 0) is 10.0 Å². The summed E-state index contributed by atoms with van der Waals surface area (Å²) in [5, 5.41) is 12.1. The summed E-state index contributed by atoms with van der Waals surface area (Å²) < 4.78 is 27.5. The molecule has 0 aliphatic carbocycles. The number of carboxylic acids is 1. The van der Waals surface area contributed by atoms with Gasteiger partial charge in [0.2, 0.25) is 10.0 Å². The van der Waals surface area contributed by atoms with Gasteiger partial charge in [0.25, 0.3) is 0 Å². The summed E-state index contributed by atoms with van der Waals surface area (Å²) in [6, 6.07) is 4.04. The smallest absolute Gasteiger partial charge is 0.335 e. The van der Waals surface area contributed by atoms with E-state index in [-0.39, 0.29) is 16.5 Å². The van der Waals surface area contributed by atoms with E-state index in [0.29, 0.717) is 5.69 Å². The van der Waals surface area contributed by atoms with Crippen molar-refractivity contribution in [3.05, 3.63) is 23.8 Å². The lowest BCUT2D eigenvalue weighted by atomic mass is 10.1. The molecule has 6 nitrogen and oxygen atoms in total. The Morgan fingerprint density at radius 1 is 1.24 bits per heavy atom. The van der Waals surface area contributed by atoms with Crippen molar-refractivity contribution in [1.29, 1.82) is 0 Å². The Balaban J connectivity index is 3.41. The van der Waals surface area contributed by atoms with Crippen LogP contribution in [0.1, 0.15) is 45.0 Å². The van der Waals surface area contributed by atoms with E-state index in [1.54, 1.807) is 20.8 Å². The Morgan fingerprint density at radius 2 is 1.81 bits per heavy atom. The minimum Gasteiger partial charge on any atom is -0.478 e. The predicted molar refractivity (Wildman–Crippen MR) is 82.2 cm³/mol. The fraction of sp³-hybridized carbons (Fsp3) is 0.500. The Morgan fingerprint density at radius 3 is 2.24 bits per heavy atom. The molecule has 1 aromatic rings. The first-order chi connectivity index (χ1) is 9.42. The quantitative estimate of drug-likeness (QED) is 0.775. The van der Waals surface area contributed by atoms with Gasteiger partial charge in [-0.2, -0.15) is 0 Å². The van der Waals surface area contributed by atoms with E-state index in [9.17, 15) is 13.2 Å². The summed E-state index contributed by atoms with van der Waals surface area (Å²) in [4.78, 5) is 11.0. The molecule has 3 N–H and O–H groups in total. The number of carbonyl (C=O) groups is 1. The Bertz CT molecular complexity index is 631. The summed E-state index contributed by atoms with van der Waals surface area (Å²) in [6.45, 7) is 8.92. The number of hydrogen-bond acceptors (Lipinski definition) is 4. The first-order valence-electron chi connectivity index (χ1n) is 6.60. The zero-order valence-corrected chi connectivity index (χ0v) is 13.7. The summed E-state index contributed by atoms with van der Waals surface area (Å²) in [5.41, 5.74) is -0.349. The van der Waals surface area contributed by atoms with Gasteiger partial charge in [0, 0.05) is 11.6 Å². The first-order valence-corrected chi connectivity index (χ1v) is 8.08. The number of rotatable bonds is 5. The number of nitrogens with one attached hydrogen (secondary N) is 2. The van der Waals surface area contributed by atoms with Crippen LogP contribution in [0.15, 0.2) is 23.1 Å². The molecule has 0 atom stereocenters. The Labute approximate surface area is 125 Å². The molecule has 0 heterocycles. The summed E-state index contributed by atoms with van der Waals surface area (Å²) in [6.07, 6.45) is 0. The molecule has 0 saturated carbocycles. The van der Waals surface area contributed by atoms with Crippen LogP contribution in [0.5, 0.6) is 0 Å². The van der Waals surface area contributed by atoms with Gasteiger partial charge in [0.1, 0.15) is 4.90 Å². The van der Waals surface area contributed by atoms with E-state index in [1.165, 1.54) is 18.2 Å². The number of aromatic carboxylic acids is 1. The maximum atomic E-state index is 12.5. The van der Waals surface area contributed by atoms with Gasteiger partial charge in [-0.25, -0.2) is 17.9 Å². The highest BCUT2D eigenvalue weighted by Gasteiger charge is 2.26. The van der Waals surface area contributed by atoms with Crippen molar-refractivity contribution in [1.82, 2.24) is 4.72 Å². The summed E-state index contributed by atoms with van der Waals surface area (Å²) >= 11 is 0. The molecule has 0 aliphatic rings. The first kappa shape index (κ1) is 17.5. The molecule has 0 aliphatic heterocycles. The topological polar surface area (TPSA) is 95.5 Å².